The lowest BCUT2D eigenvalue weighted by Gasteiger charge is -2.45. The number of rotatable bonds is 5. The quantitative estimate of drug-likeness (QED) is 0.174. The number of carbonyl (C=O) groups is 4. The number of hydrogen-bond acceptors (Lipinski definition) is 5. The molecule has 7 heteroatoms. The van der Waals surface area contributed by atoms with E-state index < -0.39 is 23.7 Å². The smallest absolute Gasteiger partial charge is 0.316 e. The molecule has 4 aromatic carbocycles. The van der Waals surface area contributed by atoms with Gasteiger partial charge in [0.25, 0.3) is 0 Å². The number of likely N-dealkylation sites (tertiary alicyclic amines) is 1. The summed E-state index contributed by atoms with van der Waals surface area (Å²) in [5.74, 6) is -2.47. The van der Waals surface area contributed by atoms with Gasteiger partial charge in [-0.3, -0.25) is 19.2 Å². The van der Waals surface area contributed by atoms with Gasteiger partial charge in [0.2, 0.25) is 17.7 Å². The van der Waals surface area contributed by atoms with E-state index in [0.717, 1.165) is 27.8 Å². The van der Waals surface area contributed by atoms with Gasteiger partial charge >= 0.3 is 5.97 Å². The van der Waals surface area contributed by atoms with Crippen molar-refractivity contribution < 1.29 is 23.9 Å². The second-order valence-corrected chi connectivity index (χ2v) is 12.2. The molecule has 3 aliphatic carbocycles. The number of ether oxygens (including phenoxy) is 1. The number of anilines is 1. The maximum atomic E-state index is 14.0. The maximum Gasteiger partial charge on any atom is 0.316 e. The molecule has 218 valence electrons. The highest BCUT2D eigenvalue weighted by Gasteiger charge is 2.61. The van der Waals surface area contributed by atoms with Gasteiger partial charge in [-0.15, -0.1) is 0 Å². The van der Waals surface area contributed by atoms with E-state index in [9.17, 15) is 19.2 Å². The summed E-state index contributed by atoms with van der Waals surface area (Å²) < 4.78 is 5.67. The molecule has 0 radical (unpaired) electrons. The van der Waals surface area contributed by atoms with Crippen LogP contribution in [0.1, 0.15) is 59.0 Å². The van der Waals surface area contributed by atoms with Gasteiger partial charge < -0.3 is 9.64 Å². The van der Waals surface area contributed by atoms with Crippen LogP contribution in [-0.2, 0) is 19.2 Å². The minimum absolute atomic E-state index is 0.0792. The van der Waals surface area contributed by atoms with E-state index in [1.807, 2.05) is 61.5 Å². The molecule has 2 aliphatic heterocycles. The number of hydrogen-bond donors (Lipinski definition) is 0. The van der Waals surface area contributed by atoms with Gasteiger partial charge in [-0.25, -0.2) is 4.90 Å². The summed E-state index contributed by atoms with van der Waals surface area (Å²) in [5, 5.41) is 0. The van der Waals surface area contributed by atoms with Crippen molar-refractivity contribution in [3.8, 4) is 5.75 Å². The van der Waals surface area contributed by atoms with Gasteiger partial charge in [0.1, 0.15) is 5.75 Å². The number of nitrogens with zero attached hydrogens (tertiary/aromatic N) is 2. The van der Waals surface area contributed by atoms with Crippen LogP contribution in [0.25, 0.3) is 0 Å². The van der Waals surface area contributed by atoms with Gasteiger partial charge in [-0.1, -0.05) is 78.9 Å². The maximum absolute atomic E-state index is 14.0. The monoisotopic (exact) mass is 582 g/mol. The number of carbonyl (C=O) groups excluding carboxylic acids is 4. The van der Waals surface area contributed by atoms with Crippen molar-refractivity contribution in [1.82, 2.24) is 4.90 Å². The van der Waals surface area contributed by atoms with Crippen molar-refractivity contribution in [2.45, 2.75) is 31.2 Å². The van der Waals surface area contributed by atoms with Crippen molar-refractivity contribution in [1.29, 1.82) is 0 Å². The van der Waals surface area contributed by atoms with Crippen molar-refractivity contribution in [3.63, 3.8) is 0 Å². The predicted octanol–water partition coefficient (Wildman–Crippen LogP) is 5.60. The molecule has 3 amide bonds. The molecule has 0 aromatic heterocycles. The van der Waals surface area contributed by atoms with Crippen LogP contribution in [-0.4, -0.2) is 35.1 Å². The Labute approximate surface area is 255 Å². The van der Waals surface area contributed by atoms with Gasteiger partial charge in [0, 0.05) is 24.8 Å². The zero-order chi connectivity index (χ0) is 30.1. The third kappa shape index (κ3) is 3.88. The standard InChI is InChI=1S/C37H30N2O5/c1-21(22-9-3-2-4-10-22)38-20-23(19-30(38)40)37(43)44-25-17-15-24(16-18-25)39-35(41)33-31-26-11-5-6-12-27(26)32(34(33)36(39)42)29-14-8-7-13-28(29)31/h2-18,21,23,31-34H,19-20H2,1H3/t21-,23-,31?,32?,33+,34+/m1/s1. The Morgan fingerprint density at radius 2 is 1.20 bits per heavy atom. The first-order chi connectivity index (χ1) is 21.4. The van der Waals surface area contributed by atoms with Crippen LogP contribution in [0, 0.1) is 17.8 Å². The largest absolute Gasteiger partial charge is 0.426 e. The average molecular weight is 583 g/mol. The first-order valence-corrected chi connectivity index (χ1v) is 15.1. The molecule has 2 fully saturated rings. The van der Waals surface area contributed by atoms with Crippen LogP contribution in [0.5, 0.6) is 5.75 Å². The van der Waals surface area contributed by atoms with Gasteiger partial charge in [-0.2, -0.15) is 0 Å². The lowest BCUT2D eigenvalue weighted by Crippen LogP contribution is -2.41. The first-order valence-electron chi connectivity index (χ1n) is 15.1. The zero-order valence-electron chi connectivity index (χ0n) is 24.1. The fourth-order valence-corrected chi connectivity index (χ4v) is 7.97. The third-order valence-corrected chi connectivity index (χ3v) is 10.0. The summed E-state index contributed by atoms with van der Waals surface area (Å²) in [6, 6.07) is 32.4. The van der Waals surface area contributed by atoms with Crippen LogP contribution in [0.15, 0.2) is 103 Å². The predicted molar refractivity (Wildman–Crippen MR) is 163 cm³/mol. The molecule has 44 heavy (non-hydrogen) atoms. The number of imide groups is 1. The summed E-state index contributed by atoms with van der Waals surface area (Å²) >= 11 is 0. The molecule has 2 bridgehead atoms. The molecule has 7 nitrogen and oxygen atoms in total. The van der Waals surface area contributed by atoms with Gasteiger partial charge in [0.15, 0.2) is 0 Å². The van der Waals surface area contributed by atoms with E-state index in [0.29, 0.717) is 18.0 Å². The van der Waals surface area contributed by atoms with E-state index in [1.54, 1.807) is 29.2 Å². The zero-order valence-corrected chi connectivity index (χ0v) is 24.1. The highest BCUT2D eigenvalue weighted by Crippen LogP contribution is 2.61. The van der Waals surface area contributed by atoms with Crippen LogP contribution >= 0.6 is 0 Å². The lowest BCUT2D eigenvalue weighted by molar-refractivity contribution is -0.139. The van der Waals surface area contributed by atoms with E-state index in [1.165, 1.54) is 4.90 Å². The molecule has 9 rings (SSSR count). The number of benzene rings is 4. The summed E-state index contributed by atoms with van der Waals surface area (Å²) in [5.41, 5.74) is 5.99. The molecule has 5 aliphatic rings. The Hall–Kier alpha value is -5.04. The van der Waals surface area contributed by atoms with Crippen molar-refractivity contribution in [3.05, 3.63) is 131 Å². The summed E-state index contributed by atoms with van der Waals surface area (Å²) in [7, 11) is 0. The molecule has 2 saturated heterocycles. The van der Waals surface area contributed by atoms with Gasteiger partial charge in [0.05, 0.1) is 29.5 Å². The van der Waals surface area contributed by atoms with E-state index in [4.69, 9.17) is 4.74 Å². The van der Waals surface area contributed by atoms with Crippen LogP contribution < -0.4 is 9.64 Å². The second kappa shape index (κ2) is 10.0. The lowest BCUT2D eigenvalue weighted by atomic mass is 9.55. The Morgan fingerprint density at radius 3 is 1.73 bits per heavy atom. The molecular formula is C37H30N2O5. The van der Waals surface area contributed by atoms with E-state index >= 15 is 0 Å². The SMILES string of the molecule is C[C@H](c1ccccc1)N1C[C@H](C(=O)Oc2ccc(N3C(=O)[C@H]4C5c6ccccc6C(c6ccccc65)[C@@H]4C3=O)cc2)CC1=O. The third-order valence-electron chi connectivity index (χ3n) is 10.0. The molecule has 0 N–H and O–H groups in total. The molecule has 0 spiro atoms. The minimum atomic E-state index is -0.572. The van der Waals surface area contributed by atoms with Crippen molar-refractivity contribution in [2.75, 3.05) is 11.4 Å². The summed E-state index contributed by atoms with van der Waals surface area (Å²) in [6.07, 6.45) is 0.0980. The Kier molecular flexibility index (Phi) is 6.05. The highest BCUT2D eigenvalue weighted by molar-refractivity contribution is 6.23. The van der Waals surface area contributed by atoms with E-state index in [2.05, 4.69) is 24.3 Å². The second-order valence-electron chi connectivity index (χ2n) is 12.2. The molecule has 4 aromatic rings. The molecule has 4 atom stereocenters. The number of amides is 3. The van der Waals surface area contributed by atoms with Crippen LogP contribution in [0.4, 0.5) is 5.69 Å². The summed E-state index contributed by atoms with van der Waals surface area (Å²) in [6.45, 7) is 2.25. The molecule has 0 saturated carbocycles. The molecule has 0 unspecified atom stereocenters. The number of esters is 1. The highest BCUT2D eigenvalue weighted by atomic mass is 16.5. The average Bonchev–Trinajstić information content (AvgIpc) is 3.58. The Bertz CT molecular complexity index is 1720. The van der Waals surface area contributed by atoms with Gasteiger partial charge in [-0.05, 0) is 59.0 Å². The van der Waals surface area contributed by atoms with Crippen molar-refractivity contribution in [2.24, 2.45) is 17.8 Å². The van der Waals surface area contributed by atoms with E-state index in [-0.39, 0.29) is 42.0 Å². The Balaban J connectivity index is 1.00. The first kappa shape index (κ1) is 26.6. The van der Waals surface area contributed by atoms with Crippen molar-refractivity contribution >= 4 is 29.4 Å². The molecular weight excluding hydrogens is 552 g/mol. The fourth-order valence-electron chi connectivity index (χ4n) is 7.97. The van der Waals surface area contributed by atoms with Crippen LogP contribution in [0.3, 0.4) is 0 Å². The Morgan fingerprint density at radius 1 is 0.705 bits per heavy atom. The molecule has 2 heterocycles. The topological polar surface area (TPSA) is 84.0 Å². The fraction of sp³-hybridized carbons (Fsp3) is 0.243. The normalized spacial score (nSPS) is 25.5. The minimum Gasteiger partial charge on any atom is -0.426 e. The summed E-state index contributed by atoms with van der Waals surface area (Å²) in [4.78, 5) is 56.9. The van der Waals surface area contributed by atoms with Crippen LogP contribution in [0.2, 0.25) is 0 Å².